The van der Waals surface area contributed by atoms with Gasteiger partial charge in [0, 0.05) is 0 Å². The molecule has 62 valence electrons. The van der Waals surface area contributed by atoms with Crippen molar-refractivity contribution in [3.05, 3.63) is 54.8 Å². The van der Waals surface area contributed by atoms with Crippen molar-refractivity contribution in [3.8, 4) is 0 Å². The monoisotopic (exact) mass is 160 g/mol. The molecule has 0 amide bonds. The van der Waals surface area contributed by atoms with Crippen LogP contribution >= 0.6 is 0 Å². The van der Waals surface area contributed by atoms with Crippen LogP contribution in [0.15, 0.2) is 49.2 Å². The summed E-state index contributed by atoms with van der Waals surface area (Å²) in [5.41, 5.74) is 1.19. The maximum absolute atomic E-state index is 4.93. The fraction of sp³-hybridized carbons (Fsp3) is 0.0909. The second-order valence-electron chi connectivity index (χ2n) is 2.31. The average molecular weight is 160 g/mol. The van der Waals surface area contributed by atoms with Crippen LogP contribution in [0.5, 0.6) is 0 Å². The van der Waals surface area contributed by atoms with E-state index in [9.17, 15) is 0 Å². The summed E-state index contributed by atoms with van der Waals surface area (Å²) < 4.78 is 4.93. The minimum atomic E-state index is 0.582. The maximum Gasteiger partial charge on any atom is 0.106 e. The molecule has 0 aliphatic carbocycles. The van der Waals surface area contributed by atoms with Crippen LogP contribution < -0.4 is 0 Å². The Hall–Kier alpha value is -1.50. The van der Waals surface area contributed by atoms with Gasteiger partial charge in [-0.15, -0.1) is 0 Å². The molecule has 0 radical (unpaired) electrons. The van der Waals surface area contributed by atoms with Gasteiger partial charge in [-0.3, -0.25) is 0 Å². The van der Waals surface area contributed by atoms with Crippen LogP contribution in [0.2, 0.25) is 0 Å². The second kappa shape index (κ2) is 5.19. The molecule has 0 saturated heterocycles. The molecular weight excluding hydrogens is 148 g/mol. The maximum atomic E-state index is 4.93. The number of ether oxygens (including phenoxy) is 1. The van der Waals surface area contributed by atoms with E-state index in [0.29, 0.717) is 6.61 Å². The van der Waals surface area contributed by atoms with E-state index in [2.05, 4.69) is 6.58 Å². The van der Waals surface area contributed by atoms with Crippen LogP contribution in [0.25, 0.3) is 6.08 Å². The molecule has 0 spiro atoms. The van der Waals surface area contributed by atoms with E-state index in [1.165, 1.54) is 11.8 Å². The van der Waals surface area contributed by atoms with Gasteiger partial charge in [0.25, 0.3) is 0 Å². The summed E-state index contributed by atoms with van der Waals surface area (Å²) in [6, 6.07) is 10.1. The topological polar surface area (TPSA) is 9.23 Å². The summed E-state index contributed by atoms with van der Waals surface area (Å²) >= 11 is 0. The molecule has 1 aromatic carbocycles. The lowest BCUT2D eigenvalue weighted by atomic mass is 10.2. The SMILES string of the molecule is C=COCC=Cc1ccccc1. The molecule has 1 nitrogen and oxygen atoms in total. The van der Waals surface area contributed by atoms with Gasteiger partial charge in [0.15, 0.2) is 0 Å². The zero-order valence-electron chi connectivity index (χ0n) is 6.94. The Labute approximate surface area is 73.0 Å². The van der Waals surface area contributed by atoms with Gasteiger partial charge in [0.2, 0.25) is 0 Å². The third-order valence-electron chi connectivity index (χ3n) is 1.42. The molecule has 0 N–H and O–H groups in total. The van der Waals surface area contributed by atoms with E-state index in [1.807, 2.05) is 42.5 Å². The minimum absolute atomic E-state index is 0.582. The summed E-state index contributed by atoms with van der Waals surface area (Å²) in [5.74, 6) is 0. The van der Waals surface area contributed by atoms with Gasteiger partial charge in [0.1, 0.15) is 6.61 Å². The molecular formula is C11H12O. The molecule has 0 aliphatic rings. The van der Waals surface area contributed by atoms with Crippen molar-refractivity contribution < 1.29 is 4.74 Å². The molecule has 1 aromatic rings. The Balaban J connectivity index is 2.41. The second-order valence-corrected chi connectivity index (χ2v) is 2.31. The molecule has 0 unspecified atom stereocenters. The van der Waals surface area contributed by atoms with Crippen LogP contribution in [-0.2, 0) is 4.74 Å². The fourth-order valence-electron chi connectivity index (χ4n) is 0.872. The zero-order chi connectivity index (χ0) is 8.65. The highest BCUT2D eigenvalue weighted by Crippen LogP contribution is 2.00. The largest absolute Gasteiger partial charge is 0.498 e. The molecule has 0 bridgehead atoms. The smallest absolute Gasteiger partial charge is 0.106 e. The van der Waals surface area contributed by atoms with Crippen LogP contribution in [0, 0.1) is 0 Å². The highest BCUT2D eigenvalue weighted by molar-refractivity contribution is 5.48. The van der Waals surface area contributed by atoms with Gasteiger partial charge >= 0.3 is 0 Å². The van der Waals surface area contributed by atoms with E-state index in [-0.39, 0.29) is 0 Å². The van der Waals surface area contributed by atoms with Gasteiger partial charge in [-0.2, -0.15) is 0 Å². The first-order valence-corrected chi connectivity index (χ1v) is 3.87. The van der Waals surface area contributed by atoms with Crippen LogP contribution in [0.3, 0.4) is 0 Å². The highest BCUT2D eigenvalue weighted by Gasteiger charge is 1.80. The number of hydrogen-bond donors (Lipinski definition) is 0. The van der Waals surface area contributed by atoms with Crippen LogP contribution in [-0.4, -0.2) is 6.61 Å². The van der Waals surface area contributed by atoms with Crippen molar-refractivity contribution in [1.82, 2.24) is 0 Å². The molecule has 0 aromatic heterocycles. The van der Waals surface area contributed by atoms with Crippen molar-refractivity contribution in [3.63, 3.8) is 0 Å². The predicted molar refractivity (Wildman–Crippen MR) is 51.6 cm³/mol. The molecule has 0 saturated carbocycles. The third-order valence-corrected chi connectivity index (χ3v) is 1.42. The number of rotatable bonds is 4. The molecule has 0 heterocycles. The van der Waals surface area contributed by atoms with E-state index in [4.69, 9.17) is 4.74 Å². The molecule has 1 heteroatoms. The third kappa shape index (κ3) is 3.06. The normalized spacial score (nSPS) is 10.0. The van der Waals surface area contributed by atoms with Crippen molar-refractivity contribution >= 4 is 6.08 Å². The molecule has 12 heavy (non-hydrogen) atoms. The summed E-state index contributed by atoms with van der Waals surface area (Å²) in [4.78, 5) is 0. The summed E-state index contributed by atoms with van der Waals surface area (Å²) in [5, 5.41) is 0. The van der Waals surface area contributed by atoms with Gasteiger partial charge in [-0.05, 0) is 11.6 Å². The minimum Gasteiger partial charge on any atom is -0.498 e. The summed E-state index contributed by atoms with van der Waals surface area (Å²) in [7, 11) is 0. The average Bonchev–Trinajstić information content (AvgIpc) is 2.14. The Bertz CT molecular complexity index is 249. The van der Waals surface area contributed by atoms with E-state index >= 15 is 0 Å². The van der Waals surface area contributed by atoms with Gasteiger partial charge in [-0.25, -0.2) is 0 Å². The predicted octanol–water partition coefficient (Wildman–Crippen LogP) is 2.86. The van der Waals surface area contributed by atoms with Crippen LogP contribution in [0.1, 0.15) is 5.56 Å². The van der Waals surface area contributed by atoms with E-state index < -0.39 is 0 Å². The first-order chi connectivity index (χ1) is 5.93. The lowest BCUT2D eigenvalue weighted by Crippen LogP contribution is -1.78. The van der Waals surface area contributed by atoms with Gasteiger partial charge < -0.3 is 4.74 Å². The first-order valence-electron chi connectivity index (χ1n) is 3.87. The van der Waals surface area contributed by atoms with Crippen molar-refractivity contribution in [1.29, 1.82) is 0 Å². The first kappa shape index (κ1) is 8.60. The fourth-order valence-corrected chi connectivity index (χ4v) is 0.872. The Morgan fingerprint density at radius 1 is 1.25 bits per heavy atom. The van der Waals surface area contributed by atoms with Crippen LogP contribution in [0.4, 0.5) is 0 Å². The number of benzene rings is 1. The zero-order valence-corrected chi connectivity index (χ0v) is 6.94. The van der Waals surface area contributed by atoms with Gasteiger partial charge in [-0.1, -0.05) is 43.0 Å². The van der Waals surface area contributed by atoms with Crippen molar-refractivity contribution in [2.45, 2.75) is 0 Å². The quantitative estimate of drug-likeness (QED) is 0.486. The summed E-state index contributed by atoms with van der Waals surface area (Å²) in [6.45, 7) is 4.03. The number of hydrogen-bond acceptors (Lipinski definition) is 1. The Morgan fingerprint density at radius 2 is 2.00 bits per heavy atom. The lowest BCUT2D eigenvalue weighted by Gasteiger charge is -1.92. The Kier molecular flexibility index (Phi) is 3.72. The summed E-state index contributed by atoms with van der Waals surface area (Å²) in [6.07, 6.45) is 5.41. The van der Waals surface area contributed by atoms with E-state index in [0.717, 1.165) is 0 Å². The molecule has 0 atom stereocenters. The van der Waals surface area contributed by atoms with Crippen molar-refractivity contribution in [2.24, 2.45) is 0 Å². The van der Waals surface area contributed by atoms with E-state index in [1.54, 1.807) is 0 Å². The lowest BCUT2D eigenvalue weighted by molar-refractivity contribution is 0.292. The standard InChI is InChI=1S/C11H12O/c1-2-12-10-6-9-11-7-4-3-5-8-11/h2-9H,1,10H2. The molecule has 1 rings (SSSR count). The highest BCUT2D eigenvalue weighted by atomic mass is 16.5. The van der Waals surface area contributed by atoms with Gasteiger partial charge in [0.05, 0.1) is 6.26 Å². The van der Waals surface area contributed by atoms with Crippen molar-refractivity contribution in [2.75, 3.05) is 6.61 Å². The molecule has 0 aliphatic heterocycles. The Morgan fingerprint density at radius 3 is 2.67 bits per heavy atom. The molecule has 0 fully saturated rings.